The highest BCUT2D eigenvalue weighted by molar-refractivity contribution is 7.12. The second-order valence-electron chi connectivity index (χ2n) is 4.03. The summed E-state index contributed by atoms with van der Waals surface area (Å²) in [5, 5.41) is 1.44. The molecular weight excluding hydrogens is 343 g/mol. The van der Waals surface area contributed by atoms with Crippen molar-refractivity contribution >= 4 is 28.8 Å². The van der Waals surface area contributed by atoms with Crippen molar-refractivity contribution in [3.8, 4) is 5.75 Å². The average molecular weight is 352 g/mol. The van der Waals surface area contributed by atoms with E-state index in [1.807, 2.05) is 5.43 Å². The summed E-state index contributed by atoms with van der Waals surface area (Å²) in [6, 6.07) is 2.31. The summed E-state index contributed by atoms with van der Waals surface area (Å²) in [4.78, 5) is 15.3. The first-order valence-corrected chi connectivity index (χ1v) is 7.01. The number of carbonyl (C=O) groups excluding carboxylic acids is 1. The number of ether oxygens (including phenoxy) is 1. The zero-order valence-corrected chi connectivity index (χ0v) is 12.4. The largest absolute Gasteiger partial charge is 0.486 e. The highest BCUT2D eigenvalue weighted by atomic mass is 35.5. The van der Waals surface area contributed by atoms with Crippen LogP contribution in [0.4, 0.5) is 13.2 Å². The minimum Gasteiger partial charge on any atom is -0.486 e. The smallest absolute Gasteiger partial charge is 0.417 e. The van der Waals surface area contributed by atoms with Gasteiger partial charge in [-0.25, -0.2) is 5.84 Å². The number of aromatic nitrogens is 1. The van der Waals surface area contributed by atoms with Crippen LogP contribution in [0.25, 0.3) is 0 Å². The van der Waals surface area contributed by atoms with E-state index in [1.165, 1.54) is 6.07 Å². The van der Waals surface area contributed by atoms with Crippen molar-refractivity contribution in [2.45, 2.75) is 12.8 Å². The molecule has 2 rings (SSSR count). The Morgan fingerprint density at radius 2 is 2.23 bits per heavy atom. The van der Waals surface area contributed by atoms with Crippen LogP contribution in [0.3, 0.4) is 0 Å². The average Bonchev–Trinajstić information content (AvgIpc) is 2.92. The summed E-state index contributed by atoms with van der Waals surface area (Å²) in [6.07, 6.45) is -3.85. The van der Waals surface area contributed by atoms with Gasteiger partial charge in [0, 0.05) is 6.20 Å². The molecule has 5 nitrogen and oxygen atoms in total. The number of hydrogen-bond acceptors (Lipinski definition) is 5. The first-order valence-electron chi connectivity index (χ1n) is 5.75. The maximum atomic E-state index is 12.5. The van der Waals surface area contributed by atoms with Gasteiger partial charge >= 0.3 is 6.18 Å². The van der Waals surface area contributed by atoms with E-state index < -0.39 is 17.6 Å². The molecule has 0 aliphatic rings. The minimum absolute atomic E-state index is 0.125. The molecular formula is C12H9ClF3N3O2S. The highest BCUT2D eigenvalue weighted by Crippen LogP contribution is 2.31. The van der Waals surface area contributed by atoms with Gasteiger partial charge in [0.1, 0.15) is 17.2 Å². The number of rotatable bonds is 4. The first kappa shape index (κ1) is 16.5. The molecule has 2 heterocycles. The first-order chi connectivity index (χ1) is 10.3. The summed E-state index contributed by atoms with van der Waals surface area (Å²) in [6.45, 7) is -0.182. The molecule has 1 amide bonds. The lowest BCUT2D eigenvalue weighted by Gasteiger charge is -2.10. The summed E-state index contributed by atoms with van der Waals surface area (Å²) in [5.41, 5.74) is 1.15. The zero-order valence-electron chi connectivity index (χ0n) is 10.8. The van der Waals surface area contributed by atoms with Crippen molar-refractivity contribution in [1.82, 2.24) is 10.4 Å². The molecule has 0 aliphatic carbocycles. The van der Waals surface area contributed by atoms with Crippen molar-refractivity contribution in [1.29, 1.82) is 0 Å². The van der Waals surface area contributed by atoms with Gasteiger partial charge in [0.25, 0.3) is 5.91 Å². The number of nitrogen functional groups attached to an aromatic ring is 1. The predicted octanol–water partition coefficient (Wildman–Crippen LogP) is 3.00. The fourth-order valence-corrected chi connectivity index (χ4v) is 2.47. The molecule has 0 spiro atoms. The minimum atomic E-state index is -4.52. The SMILES string of the molecule is NNC(=O)c1sccc1OCc1ncc(C(F)(F)F)cc1Cl. The molecule has 0 aliphatic heterocycles. The Labute approximate surface area is 131 Å². The number of amides is 1. The third-order valence-electron chi connectivity index (χ3n) is 2.58. The number of hydrazine groups is 1. The van der Waals surface area contributed by atoms with Crippen LogP contribution in [-0.2, 0) is 12.8 Å². The summed E-state index contributed by atoms with van der Waals surface area (Å²) in [7, 11) is 0. The second-order valence-corrected chi connectivity index (χ2v) is 5.35. The number of alkyl halides is 3. The van der Waals surface area contributed by atoms with E-state index in [4.69, 9.17) is 22.2 Å². The monoisotopic (exact) mass is 351 g/mol. The van der Waals surface area contributed by atoms with Crippen LogP contribution in [0.2, 0.25) is 5.02 Å². The van der Waals surface area contributed by atoms with Gasteiger partial charge in [-0.05, 0) is 17.5 Å². The van der Waals surface area contributed by atoms with Crippen LogP contribution in [0.1, 0.15) is 20.9 Å². The van der Waals surface area contributed by atoms with E-state index in [0.29, 0.717) is 6.20 Å². The molecule has 3 N–H and O–H groups in total. The van der Waals surface area contributed by atoms with Gasteiger partial charge in [0.2, 0.25) is 0 Å². The zero-order chi connectivity index (χ0) is 16.3. The van der Waals surface area contributed by atoms with Crippen molar-refractivity contribution in [3.63, 3.8) is 0 Å². The molecule has 10 heteroatoms. The quantitative estimate of drug-likeness (QED) is 0.504. The fourth-order valence-electron chi connectivity index (χ4n) is 1.52. The molecule has 118 valence electrons. The molecule has 22 heavy (non-hydrogen) atoms. The predicted molar refractivity (Wildman–Crippen MR) is 74.6 cm³/mol. The van der Waals surface area contributed by atoms with Crippen LogP contribution < -0.4 is 16.0 Å². The third-order valence-corrected chi connectivity index (χ3v) is 3.80. The van der Waals surface area contributed by atoms with Gasteiger partial charge in [0.05, 0.1) is 16.3 Å². The van der Waals surface area contributed by atoms with E-state index in [1.54, 1.807) is 5.38 Å². The van der Waals surface area contributed by atoms with Gasteiger partial charge in [-0.2, -0.15) is 13.2 Å². The maximum Gasteiger partial charge on any atom is 0.417 e. The number of halogens is 4. The summed E-state index contributed by atoms with van der Waals surface area (Å²) >= 11 is 6.87. The van der Waals surface area contributed by atoms with Gasteiger partial charge in [-0.1, -0.05) is 11.6 Å². The Morgan fingerprint density at radius 1 is 1.50 bits per heavy atom. The van der Waals surface area contributed by atoms with Crippen LogP contribution in [0.5, 0.6) is 5.75 Å². The Morgan fingerprint density at radius 3 is 2.82 bits per heavy atom. The Hall–Kier alpha value is -1.84. The molecule has 0 atom stereocenters. The van der Waals surface area contributed by atoms with Crippen molar-refractivity contribution in [2.75, 3.05) is 0 Å². The van der Waals surface area contributed by atoms with E-state index in [-0.39, 0.29) is 28.0 Å². The molecule has 0 fully saturated rings. The Balaban J connectivity index is 2.13. The van der Waals surface area contributed by atoms with Crippen LogP contribution in [0, 0.1) is 0 Å². The number of nitrogens with two attached hydrogens (primary N) is 1. The molecule has 0 unspecified atom stereocenters. The van der Waals surface area contributed by atoms with Gasteiger partial charge in [-0.3, -0.25) is 15.2 Å². The number of nitrogens with one attached hydrogen (secondary N) is 1. The Bertz CT molecular complexity index is 690. The molecule has 0 bridgehead atoms. The van der Waals surface area contributed by atoms with Crippen LogP contribution in [0.15, 0.2) is 23.7 Å². The van der Waals surface area contributed by atoms with Crippen molar-refractivity contribution in [2.24, 2.45) is 5.84 Å². The highest BCUT2D eigenvalue weighted by Gasteiger charge is 2.31. The van der Waals surface area contributed by atoms with Crippen LogP contribution >= 0.6 is 22.9 Å². The molecule has 0 saturated carbocycles. The second kappa shape index (κ2) is 6.51. The van der Waals surface area contributed by atoms with E-state index in [2.05, 4.69) is 4.98 Å². The van der Waals surface area contributed by atoms with E-state index >= 15 is 0 Å². The van der Waals surface area contributed by atoms with Crippen LogP contribution in [-0.4, -0.2) is 10.9 Å². The molecule has 0 saturated heterocycles. The van der Waals surface area contributed by atoms with Crippen molar-refractivity contribution in [3.05, 3.63) is 44.9 Å². The number of carbonyl (C=O) groups is 1. The standard InChI is InChI=1S/C12H9ClF3N3O2S/c13-7-3-6(12(14,15)16)4-18-8(7)5-21-9-1-2-22-10(9)11(20)19-17/h1-4H,5,17H2,(H,19,20). The lowest BCUT2D eigenvalue weighted by atomic mass is 10.2. The van der Waals surface area contributed by atoms with Gasteiger partial charge in [0.15, 0.2) is 0 Å². The number of nitrogens with zero attached hydrogens (tertiary/aromatic N) is 1. The molecule has 0 radical (unpaired) electrons. The van der Waals surface area contributed by atoms with E-state index in [0.717, 1.165) is 17.4 Å². The third kappa shape index (κ3) is 3.67. The van der Waals surface area contributed by atoms with Gasteiger partial charge in [-0.15, -0.1) is 11.3 Å². The number of hydrogen-bond donors (Lipinski definition) is 2. The summed E-state index contributed by atoms with van der Waals surface area (Å²) in [5.74, 6) is 4.74. The normalized spacial score (nSPS) is 11.3. The lowest BCUT2D eigenvalue weighted by molar-refractivity contribution is -0.137. The molecule has 2 aromatic heterocycles. The van der Waals surface area contributed by atoms with Crippen molar-refractivity contribution < 1.29 is 22.7 Å². The molecule has 0 aromatic carbocycles. The Kier molecular flexibility index (Phi) is 4.89. The number of pyridine rings is 1. The topological polar surface area (TPSA) is 77.2 Å². The summed E-state index contributed by atoms with van der Waals surface area (Å²) < 4.78 is 42.9. The van der Waals surface area contributed by atoms with Gasteiger partial charge < -0.3 is 4.74 Å². The lowest BCUT2D eigenvalue weighted by Crippen LogP contribution is -2.29. The maximum absolute atomic E-state index is 12.5. The fraction of sp³-hybridized carbons (Fsp3) is 0.167. The molecule has 2 aromatic rings. The van der Waals surface area contributed by atoms with E-state index in [9.17, 15) is 18.0 Å². The number of thiophene rings is 1.